The molecule has 4 heteroatoms. The minimum Gasteiger partial charge on any atom is -0.467 e. The van der Waals surface area contributed by atoms with Crippen LogP contribution in [0.5, 0.6) is 0 Å². The maximum atomic E-state index is 11.9. The van der Waals surface area contributed by atoms with Crippen LogP contribution in [0.25, 0.3) is 0 Å². The second-order valence-corrected chi connectivity index (χ2v) is 4.77. The van der Waals surface area contributed by atoms with Crippen molar-refractivity contribution in [2.24, 2.45) is 5.92 Å². The summed E-state index contributed by atoms with van der Waals surface area (Å²) < 4.78 is 5.22. The number of amides is 2. The summed E-state index contributed by atoms with van der Waals surface area (Å²) in [7, 11) is 1.78. The van der Waals surface area contributed by atoms with Crippen molar-refractivity contribution in [2.75, 3.05) is 13.6 Å². The Balaban J connectivity index is 1.72. The first-order chi connectivity index (χ1) is 8.75. The molecular weight excluding hydrogens is 228 g/mol. The van der Waals surface area contributed by atoms with Crippen molar-refractivity contribution in [3.8, 4) is 0 Å². The Bertz CT molecular complexity index is 398. The van der Waals surface area contributed by atoms with Crippen molar-refractivity contribution < 1.29 is 9.21 Å². The number of hydrogen-bond donors (Lipinski definition) is 1. The summed E-state index contributed by atoms with van der Waals surface area (Å²) in [5.41, 5.74) is 0. The molecule has 18 heavy (non-hydrogen) atoms. The number of urea groups is 1. The van der Waals surface area contributed by atoms with Crippen molar-refractivity contribution in [1.82, 2.24) is 10.2 Å². The SMILES string of the molecule is CN(Cc1ccco1)C(=O)NCC1CC=CCC1. The zero-order chi connectivity index (χ0) is 12.8. The predicted octanol–water partition coefficient (Wildman–Crippen LogP) is 2.78. The van der Waals surface area contributed by atoms with Gasteiger partial charge >= 0.3 is 6.03 Å². The molecule has 0 bridgehead atoms. The molecule has 98 valence electrons. The maximum Gasteiger partial charge on any atom is 0.317 e. The highest BCUT2D eigenvalue weighted by Gasteiger charge is 2.14. The molecule has 0 saturated carbocycles. The van der Waals surface area contributed by atoms with E-state index in [-0.39, 0.29) is 6.03 Å². The molecule has 0 aliphatic heterocycles. The summed E-state index contributed by atoms with van der Waals surface area (Å²) in [6, 6.07) is 3.66. The number of nitrogens with one attached hydrogen (secondary N) is 1. The van der Waals surface area contributed by atoms with Crippen LogP contribution in [-0.2, 0) is 6.54 Å². The van der Waals surface area contributed by atoms with Crippen LogP contribution >= 0.6 is 0 Å². The first kappa shape index (κ1) is 12.7. The van der Waals surface area contributed by atoms with Gasteiger partial charge in [0, 0.05) is 13.6 Å². The number of allylic oxidation sites excluding steroid dienone is 2. The lowest BCUT2D eigenvalue weighted by Crippen LogP contribution is -2.39. The number of nitrogens with zero attached hydrogens (tertiary/aromatic N) is 1. The van der Waals surface area contributed by atoms with Gasteiger partial charge in [0.2, 0.25) is 0 Å². The molecule has 2 amide bonds. The monoisotopic (exact) mass is 248 g/mol. The lowest BCUT2D eigenvalue weighted by atomic mass is 9.94. The third-order valence-electron chi connectivity index (χ3n) is 3.24. The Labute approximate surface area is 108 Å². The number of hydrogen-bond acceptors (Lipinski definition) is 2. The highest BCUT2D eigenvalue weighted by Crippen LogP contribution is 2.16. The average molecular weight is 248 g/mol. The molecule has 0 aromatic carbocycles. The third kappa shape index (κ3) is 3.65. The molecule has 1 aliphatic carbocycles. The van der Waals surface area contributed by atoms with Crippen LogP contribution in [0.1, 0.15) is 25.0 Å². The van der Waals surface area contributed by atoms with Crippen molar-refractivity contribution >= 4 is 6.03 Å². The Morgan fingerprint density at radius 1 is 1.56 bits per heavy atom. The number of carbonyl (C=O) groups is 1. The fourth-order valence-electron chi connectivity index (χ4n) is 2.12. The molecule has 1 heterocycles. The van der Waals surface area contributed by atoms with Crippen molar-refractivity contribution in [3.05, 3.63) is 36.3 Å². The summed E-state index contributed by atoms with van der Waals surface area (Å²) in [5, 5.41) is 2.98. The van der Waals surface area contributed by atoms with Crippen molar-refractivity contribution in [2.45, 2.75) is 25.8 Å². The molecule has 0 radical (unpaired) electrons. The van der Waals surface area contributed by atoms with Gasteiger partial charge in [0.05, 0.1) is 12.8 Å². The lowest BCUT2D eigenvalue weighted by molar-refractivity contribution is 0.200. The second-order valence-electron chi connectivity index (χ2n) is 4.77. The zero-order valence-corrected chi connectivity index (χ0v) is 10.8. The molecule has 1 N–H and O–H groups in total. The van der Waals surface area contributed by atoms with E-state index < -0.39 is 0 Å². The largest absolute Gasteiger partial charge is 0.467 e. The second kappa shape index (κ2) is 6.28. The predicted molar refractivity (Wildman–Crippen MR) is 70.1 cm³/mol. The van der Waals surface area contributed by atoms with Gasteiger partial charge in [-0.1, -0.05) is 12.2 Å². The topological polar surface area (TPSA) is 45.5 Å². The van der Waals surface area contributed by atoms with Gasteiger partial charge in [-0.25, -0.2) is 4.79 Å². The summed E-state index contributed by atoms with van der Waals surface area (Å²) in [6.45, 7) is 1.26. The summed E-state index contributed by atoms with van der Waals surface area (Å²) in [5.74, 6) is 1.38. The molecule has 2 rings (SSSR count). The van der Waals surface area contributed by atoms with Gasteiger partial charge in [-0.3, -0.25) is 0 Å². The summed E-state index contributed by atoms with van der Waals surface area (Å²) >= 11 is 0. The Kier molecular flexibility index (Phi) is 4.45. The third-order valence-corrected chi connectivity index (χ3v) is 3.24. The van der Waals surface area contributed by atoms with Crippen LogP contribution < -0.4 is 5.32 Å². The zero-order valence-electron chi connectivity index (χ0n) is 10.8. The molecule has 1 aromatic rings. The molecule has 0 saturated heterocycles. The molecular formula is C14H20N2O2. The van der Waals surface area contributed by atoms with Crippen LogP contribution in [0.4, 0.5) is 4.79 Å². The lowest BCUT2D eigenvalue weighted by Gasteiger charge is -2.21. The standard InChI is InChI=1S/C14H20N2O2/c1-16(11-13-8-5-9-18-13)14(17)15-10-12-6-3-2-4-7-12/h2-3,5,8-9,12H,4,6-7,10-11H2,1H3,(H,15,17). The smallest absolute Gasteiger partial charge is 0.317 e. The van der Waals surface area contributed by atoms with Crippen LogP contribution in [0.3, 0.4) is 0 Å². The highest BCUT2D eigenvalue weighted by atomic mass is 16.3. The van der Waals surface area contributed by atoms with Gasteiger partial charge in [0.1, 0.15) is 5.76 Å². The molecule has 1 unspecified atom stereocenters. The Hall–Kier alpha value is -1.71. The van der Waals surface area contributed by atoms with E-state index in [1.165, 1.54) is 6.42 Å². The van der Waals surface area contributed by atoms with Gasteiger partial charge in [-0.15, -0.1) is 0 Å². The Morgan fingerprint density at radius 2 is 2.44 bits per heavy atom. The minimum atomic E-state index is -0.0408. The first-order valence-electron chi connectivity index (χ1n) is 6.42. The number of rotatable bonds is 4. The van der Waals surface area contributed by atoms with Crippen LogP contribution in [0.15, 0.2) is 35.0 Å². The van der Waals surface area contributed by atoms with E-state index in [4.69, 9.17) is 4.42 Å². The fraction of sp³-hybridized carbons (Fsp3) is 0.500. The van der Waals surface area contributed by atoms with Gasteiger partial charge in [0.15, 0.2) is 0 Å². The van der Waals surface area contributed by atoms with Gasteiger partial charge in [-0.05, 0) is 37.3 Å². The average Bonchev–Trinajstić information content (AvgIpc) is 2.90. The van der Waals surface area contributed by atoms with Crippen LogP contribution in [0.2, 0.25) is 0 Å². The minimum absolute atomic E-state index is 0.0408. The number of carbonyl (C=O) groups excluding carboxylic acids is 1. The first-order valence-corrected chi connectivity index (χ1v) is 6.42. The quantitative estimate of drug-likeness (QED) is 0.833. The fourth-order valence-corrected chi connectivity index (χ4v) is 2.12. The van der Waals surface area contributed by atoms with Gasteiger partial charge < -0.3 is 14.6 Å². The summed E-state index contributed by atoms with van der Waals surface area (Å²) in [6.07, 6.45) is 9.40. The van der Waals surface area contributed by atoms with Crippen LogP contribution in [-0.4, -0.2) is 24.5 Å². The number of furan rings is 1. The molecule has 0 fully saturated rings. The van der Waals surface area contributed by atoms with Gasteiger partial charge in [0.25, 0.3) is 0 Å². The van der Waals surface area contributed by atoms with E-state index in [1.807, 2.05) is 12.1 Å². The normalized spacial score (nSPS) is 18.6. The van der Waals surface area contributed by atoms with Crippen LogP contribution in [0, 0.1) is 5.92 Å². The molecule has 4 nitrogen and oxygen atoms in total. The molecule has 0 spiro atoms. The van der Waals surface area contributed by atoms with Crippen molar-refractivity contribution in [1.29, 1.82) is 0 Å². The molecule has 1 atom stereocenters. The molecule has 1 aromatic heterocycles. The van der Waals surface area contributed by atoms with E-state index in [9.17, 15) is 4.79 Å². The van der Waals surface area contributed by atoms with Gasteiger partial charge in [-0.2, -0.15) is 0 Å². The maximum absolute atomic E-state index is 11.9. The van der Waals surface area contributed by atoms with E-state index in [2.05, 4.69) is 17.5 Å². The Morgan fingerprint density at radius 3 is 3.11 bits per heavy atom. The van der Waals surface area contributed by atoms with E-state index in [1.54, 1.807) is 18.2 Å². The van der Waals surface area contributed by atoms with Crippen molar-refractivity contribution in [3.63, 3.8) is 0 Å². The van der Waals surface area contributed by atoms with E-state index in [0.717, 1.165) is 25.1 Å². The molecule has 1 aliphatic rings. The van der Waals surface area contributed by atoms with E-state index in [0.29, 0.717) is 12.5 Å². The van der Waals surface area contributed by atoms with E-state index >= 15 is 0 Å². The summed E-state index contributed by atoms with van der Waals surface area (Å²) in [4.78, 5) is 13.5. The highest BCUT2D eigenvalue weighted by molar-refractivity contribution is 5.73.